The molecule has 1 aromatic rings. The maximum Gasteiger partial charge on any atom is 0.242 e. The van der Waals surface area contributed by atoms with E-state index < -0.39 is 10.0 Å². The molecular formula is C14H22ClN3O3S. The van der Waals surface area contributed by atoms with Gasteiger partial charge in [-0.3, -0.25) is 4.79 Å². The molecule has 0 saturated carbocycles. The molecule has 0 aromatic heterocycles. The van der Waals surface area contributed by atoms with Crippen LogP contribution in [0.15, 0.2) is 23.1 Å². The van der Waals surface area contributed by atoms with Crippen LogP contribution in [0.2, 0.25) is 0 Å². The van der Waals surface area contributed by atoms with E-state index in [1.165, 1.54) is 18.4 Å². The van der Waals surface area contributed by atoms with Gasteiger partial charge in [-0.1, -0.05) is 6.07 Å². The molecule has 2 rings (SSSR count). The molecule has 8 heteroatoms. The second kappa shape index (κ2) is 7.41. The van der Waals surface area contributed by atoms with Crippen molar-refractivity contribution in [1.82, 2.24) is 9.62 Å². The summed E-state index contributed by atoms with van der Waals surface area (Å²) in [4.78, 5) is 14.1. The molecule has 0 aliphatic carbocycles. The second-order valence-electron chi connectivity index (χ2n) is 5.23. The molecule has 1 amide bonds. The van der Waals surface area contributed by atoms with Crippen LogP contribution in [0.4, 0.5) is 5.69 Å². The number of carbonyl (C=O) groups excluding carboxylic acids is 1. The van der Waals surface area contributed by atoms with E-state index in [2.05, 4.69) is 5.32 Å². The molecule has 22 heavy (non-hydrogen) atoms. The topological polar surface area (TPSA) is 69.7 Å². The number of hydrogen-bond donors (Lipinski definition) is 1. The summed E-state index contributed by atoms with van der Waals surface area (Å²) in [6, 6.07) is 5.02. The average Bonchev–Trinajstić information content (AvgIpc) is 2.87. The van der Waals surface area contributed by atoms with Crippen molar-refractivity contribution in [3.8, 4) is 0 Å². The molecule has 0 saturated heterocycles. The minimum atomic E-state index is -3.48. The molecule has 0 unspecified atom stereocenters. The smallest absolute Gasteiger partial charge is 0.242 e. The molecule has 124 valence electrons. The van der Waals surface area contributed by atoms with Gasteiger partial charge in [-0.05, 0) is 31.2 Å². The lowest BCUT2D eigenvalue weighted by atomic mass is 10.2. The Kier molecular flexibility index (Phi) is 6.37. The van der Waals surface area contributed by atoms with E-state index in [1.807, 2.05) is 0 Å². The fourth-order valence-corrected chi connectivity index (χ4v) is 3.28. The third-order valence-corrected chi connectivity index (χ3v) is 5.43. The van der Waals surface area contributed by atoms with Gasteiger partial charge in [0, 0.05) is 39.3 Å². The van der Waals surface area contributed by atoms with Crippen molar-refractivity contribution in [2.75, 3.05) is 39.1 Å². The molecule has 1 N–H and O–H groups in total. The molecule has 1 aliphatic rings. The zero-order valence-corrected chi connectivity index (χ0v) is 14.6. The van der Waals surface area contributed by atoms with E-state index in [4.69, 9.17) is 0 Å². The molecule has 0 spiro atoms. The predicted molar refractivity (Wildman–Crippen MR) is 89.2 cm³/mol. The molecule has 0 atom stereocenters. The highest BCUT2D eigenvalue weighted by Crippen LogP contribution is 2.31. The Bertz CT molecular complexity index is 647. The summed E-state index contributed by atoms with van der Waals surface area (Å²) in [6.45, 7) is 1.23. The number of anilines is 1. The Morgan fingerprint density at radius 2 is 2.05 bits per heavy atom. The number of sulfonamides is 1. The minimum absolute atomic E-state index is 0. The Hall–Kier alpha value is -1.15. The third-order valence-electron chi connectivity index (χ3n) is 3.62. The van der Waals surface area contributed by atoms with E-state index in [-0.39, 0.29) is 23.2 Å². The summed E-state index contributed by atoms with van der Waals surface area (Å²) in [7, 11) is 1.31. The van der Waals surface area contributed by atoms with Crippen LogP contribution in [0, 0.1) is 0 Å². The van der Waals surface area contributed by atoms with Crippen molar-refractivity contribution < 1.29 is 13.2 Å². The first-order valence-electron chi connectivity index (χ1n) is 6.88. The molecular weight excluding hydrogens is 326 g/mol. The Labute approximate surface area is 137 Å². The normalized spacial score (nSPS) is 13.9. The van der Waals surface area contributed by atoms with Crippen LogP contribution in [0.25, 0.3) is 0 Å². The first-order valence-corrected chi connectivity index (χ1v) is 8.32. The molecule has 1 heterocycles. The van der Waals surface area contributed by atoms with Crippen molar-refractivity contribution >= 4 is 34.0 Å². The van der Waals surface area contributed by atoms with Gasteiger partial charge >= 0.3 is 0 Å². The summed E-state index contributed by atoms with van der Waals surface area (Å²) < 4.78 is 25.6. The van der Waals surface area contributed by atoms with Crippen molar-refractivity contribution in [1.29, 1.82) is 0 Å². The van der Waals surface area contributed by atoms with Crippen LogP contribution < -0.4 is 10.2 Å². The van der Waals surface area contributed by atoms with E-state index in [1.54, 1.807) is 30.1 Å². The summed E-state index contributed by atoms with van der Waals surface area (Å²) in [5.74, 6) is 0.0162. The number of fused-ring (bicyclic) bond motifs is 1. The summed E-state index contributed by atoms with van der Waals surface area (Å²) in [5, 5.41) is 2.95. The maximum absolute atomic E-state index is 12.2. The number of amides is 1. The second-order valence-corrected chi connectivity index (χ2v) is 7.38. The van der Waals surface area contributed by atoms with Crippen LogP contribution in [0.3, 0.4) is 0 Å². The lowest BCUT2D eigenvalue weighted by molar-refractivity contribution is -0.118. The first kappa shape index (κ1) is 18.9. The van der Waals surface area contributed by atoms with Gasteiger partial charge in [-0.25, -0.2) is 12.7 Å². The van der Waals surface area contributed by atoms with Crippen LogP contribution >= 0.6 is 12.4 Å². The fraction of sp³-hybridized carbons (Fsp3) is 0.500. The van der Waals surface area contributed by atoms with E-state index in [9.17, 15) is 13.2 Å². The van der Waals surface area contributed by atoms with Crippen LogP contribution in [0.5, 0.6) is 0 Å². The SMILES string of the molecule is CNCCC(=O)N1CCc2ccc(S(=O)(=O)N(C)C)cc21.Cl. The molecule has 1 aromatic carbocycles. The highest BCUT2D eigenvalue weighted by atomic mass is 35.5. The zero-order valence-electron chi connectivity index (χ0n) is 13.0. The average molecular weight is 348 g/mol. The van der Waals surface area contributed by atoms with Gasteiger partial charge in [0.2, 0.25) is 15.9 Å². The number of benzene rings is 1. The number of halogens is 1. The number of rotatable bonds is 5. The van der Waals surface area contributed by atoms with Crippen LogP contribution in [-0.4, -0.2) is 52.9 Å². The van der Waals surface area contributed by atoms with Gasteiger partial charge in [-0.15, -0.1) is 12.4 Å². The van der Waals surface area contributed by atoms with Gasteiger partial charge in [0.05, 0.1) is 4.90 Å². The van der Waals surface area contributed by atoms with Gasteiger partial charge in [0.15, 0.2) is 0 Å². The summed E-state index contributed by atoms with van der Waals surface area (Å²) in [5.41, 5.74) is 1.74. The van der Waals surface area contributed by atoms with Gasteiger partial charge in [0.25, 0.3) is 0 Å². The van der Waals surface area contributed by atoms with E-state index in [0.29, 0.717) is 19.5 Å². The molecule has 6 nitrogen and oxygen atoms in total. The quantitative estimate of drug-likeness (QED) is 0.857. The lowest BCUT2D eigenvalue weighted by Crippen LogP contribution is -2.31. The molecule has 0 radical (unpaired) electrons. The largest absolute Gasteiger partial charge is 0.319 e. The third kappa shape index (κ3) is 3.60. The number of carbonyl (C=O) groups is 1. The predicted octanol–water partition coefficient (Wildman–Crippen LogP) is 0.857. The van der Waals surface area contributed by atoms with Crippen molar-refractivity contribution in [2.24, 2.45) is 0 Å². The summed E-state index contributed by atoms with van der Waals surface area (Å²) >= 11 is 0. The fourth-order valence-electron chi connectivity index (χ4n) is 2.36. The van der Waals surface area contributed by atoms with Crippen LogP contribution in [0.1, 0.15) is 12.0 Å². The number of nitrogens with one attached hydrogen (secondary N) is 1. The number of nitrogens with zero attached hydrogens (tertiary/aromatic N) is 2. The monoisotopic (exact) mass is 347 g/mol. The Morgan fingerprint density at radius 1 is 1.36 bits per heavy atom. The van der Waals surface area contributed by atoms with Gasteiger partial charge < -0.3 is 10.2 Å². The van der Waals surface area contributed by atoms with Crippen molar-refractivity contribution in [2.45, 2.75) is 17.7 Å². The lowest BCUT2D eigenvalue weighted by Gasteiger charge is -2.19. The standard InChI is InChI=1S/C14H21N3O3S.ClH/c1-15-8-6-14(18)17-9-7-11-4-5-12(10-13(11)17)21(19,20)16(2)3;/h4-5,10,15H,6-9H2,1-3H3;1H. The molecule has 1 aliphatic heterocycles. The molecule has 0 fully saturated rings. The van der Waals surface area contributed by atoms with E-state index in [0.717, 1.165) is 17.7 Å². The Morgan fingerprint density at radius 3 is 2.64 bits per heavy atom. The number of hydrogen-bond acceptors (Lipinski definition) is 4. The Balaban J connectivity index is 0.00000242. The van der Waals surface area contributed by atoms with Gasteiger partial charge in [-0.2, -0.15) is 0 Å². The first-order chi connectivity index (χ1) is 9.87. The van der Waals surface area contributed by atoms with Gasteiger partial charge in [0.1, 0.15) is 0 Å². The summed E-state index contributed by atoms with van der Waals surface area (Å²) in [6.07, 6.45) is 1.17. The highest BCUT2D eigenvalue weighted by Gasteiger charge is 2.27. The maximum atomic E-state index is 12.2. The highest BCUT2D eigenvalue weighted by molar-refractivity contribution is 7.89. The van der Waals surface area contributed by atoms with Crippen molar-refractivity contribution in [3.05, 3.63) is 23.8 Å². The van der Waals surface area contributed by atoms with Crippen LogP contribution in [-0.2, 0) is 21.2 Å². The zero-order chi connectivity index (χ0) is 15.6. The minimum Gasteiger partial charge on any atom is -0.319 e. The van der Waals surface area contributed by atoms with Crippen molar-refractivity contribution in [3.63, 3.8) is 0 Å². The van der Waals surface area contributed by atoms with E-state index >= 15 is 0 Å². The molecule has 0 bridgehead atoms.